The Balaban J connectivity index is 2.26. The molecular weight excluding hydrogens is 180 g/mol. The number of hydrogen-bond acceptors (Lipinski definition) is 5. The van der Waals surface area contributed by atoms with Gasteiger partial charge in [-0.15, -0.1) is 10.6 Å². The van der Waals surface area contributed by atoms with E-state index < -0.39 is 0 Å². The van der Waals surface area contributed by atoms with Crippen LogP contribution in [0.5, 0.6) is 0 Å². The molecule has 0 spiro atoms. The first-order valence-electron chi connectivity index (χ1n) is 4.55. The topological polar surface area (TPSA) is 57.5 Å². The maximum atomic E-state index is 4.15. The second-order valence-electron chi connectivity index (χ2n) is 3.53. The Morgan fingerprint density at radius 1 is 1.43 bits per heavy atom. The van der Waals surface area contributed by atoms with Crippen molar-refractivity contribution in [2.24, 2.45) is 12.1 Å². The highest BCUT2D eigenvalue weighted by atomic mass is 15.8. The van der Waals surface area contributed by atoms with Crippen molar-refractivity contribution in [1.29, 1.82) is 0 Å². The van der Waals surface area contributed by atoms with Gasteiger partial charge in [-0.2, -0.15) is 5.10 Å². The molecule has 2 heterocycles. The minimum absolute atomic E-state index is 0.337. The fourth-order valence-electron chi connectivity index (χ4n) is 1.35. The van der Waals surface area contributed by atoms with Crippen LogP contribution in [-0.2, 0) is 7.05 Å². The standard InChI is InChI=1S/C8H14N6/c1-6(2)14-8(10-11-12-14)7-4-9-13(3)5-7/h4-6,11-12H,1-3H3. The molecule has 2 rings (SSSR count). The van der Waals surface area contributed by atoms with Crippen LogP contribution in [-0.4, -0.2) is 26.7 Å². The summed E-state index contributed by atoms with van der Waals surface area (Å²) in [6.07, 6.45) is 3.73. The zero-order valence-corrected chi connectivity index (χ0v) is 8.52. The highest BCUT2D eigenvalue weighted by Gasteiger charge is 2.21. The molecule has 6 heteroatoms. The predicted octanol–water partition coefficient (Wildman–Crippen LogP) is -0.185. The van der Waals surface area contributed by atoms with E-state index in [-0.39, 0.29) is 0 Å². The number of hydrazone groups is 1. The molecule has 1 aliphatic rings. The van der Waals surface area contributed by atoms with Crippen LogP contribution < -0.4 is 11.1 Å². The average molecular weight is 194 g/mol. The van der Waals surface area contributed by atoms with E-state index in [2.05, 4.69) is 35.1 Å². The Bertz CT molecular complexity index is 352. The van der Waals surface area contributed by atoms with Crippen LogP contribution in [0.3, 0.4) is 0 Å². The van der Waals surface area contributed by atoms with E-state index in [1.807, 2.05) is 18.3 Å². The van der Waals surface area contributed by atoms with Crippen molar-refractivity contribution in [3.8, 4) is 0 Å². The molecule has 1 aromatic heterocycles. The van der Waals surface area contributed by atoms with Crippen LogP contribution in [0.1, 0.15) is 19.4 Å². The second-order valence-corrected chi connectivity index (χ2v) is 3.53. The van der Waals surface area contributed by atoms with Gasteiger partial charge in [0.15, 0.2) is 5.84 Å². The molecule has 0 saturated carbocycles. The minimum Gasteiger partial charge on any atom is -0.275 e. The molecule has 0 fully saturated rings. The van der Waals surface area contributed by atoms with Gasteiger partial charge in [0.1, 0.15) is 0 Å². The molecule has 1 aromatic rings. The van der Waals surface area contributed by atoms with Crippen LogP contribution in [0.25, 0.3) is 0 Å². The Labute approximate surface area is 82.5 Å². The Hall–Kier alpha value is -1.56. The fourth-order valence-corrected chi connectivity index (χ4v) is 1.35. The van der Waals surface area contributed by atoms with Crippen LogP contribution in [0.2, 0.25) is 0 Å². The largest absolute Gasteiger partial charge is 0.275 e. The lowest BCUT2D eigenvalue weighted by molar-refractivity contribution is 0.246. The molecule has 0 bridgehead atoms. The maximum absolute atomic E-state index is 4.15. The minimum atomic E-state index is 0.337. The zero-order chi connectivity index (χ0) is 10.1. The van der Waals surface area contributed by atoms with E-state index in [1.165, 1.54) is 0 Å². The van der Waals surface area contributed by atoms with Gasteiger partial charge in [0.2, 0.25) is 0 Å². The van der Waals surface area contributed by atoms with Gasteiger partial charge in [-0.1, -0.05) is 0 Å². The van der Waals surface area contributed by atoms with Crippen molar-refractivity contribution in [3.63, 3.8) is 0 Å². The number of hydrogen-bond donors (Lipinski definition) is 2. The van der Waals surface area contributed by atoms with E-state index in [4.69, 9.17) is 0 Å². The summed E-state index contributed by atoms with van der Waals surface area (Å²) in [5.74, 6) is 0.869. The predicted molar refractivity (Wildman–Crippen MR) is 53.0 cm³/mol. The lowest BCUT2D eigenvalue weighted by Crippen LogP contribution is -2.45. The van der Waals surface area contributed by atoms with E-state index >= 15 is 0 Å². The summed E-state index contributed by atoms with van der Waals surface area (Å²) in [4.78, 5) is 0. The lowest BCUT2D eigenvalue weighted by Gasteiger charge is -2.22. The lowest BCUT2D eigenvalue weighted by atomic mass is 10.3. The van der Waals surface area contributed by atoms with Crippen molar-refractivity contribution < 1.29 is 0 Å². The molecule has 0 radical (unpaired) electrons. The fraction of sp³-hybridized carbons (Fsp3) is 0.500. The van der Waals surface area contributed by atoms with Crippen LogP contribution in [0.4, 0.5) is 0 Å². The Morgan fingerprint density at radius 2 is 2.21 bits per heavy atom. The van der Waals surface area contributed by atoms with Crippen molar-refractivity contribution in [2.75, 3.05) is 0 Å². The van der Waals surface area contributed by atoms with Gasteiger partial charge < -0.3 is 0 Å². The molecule has 14 heavy (non-hydrogen) atoms. The van der Waals surface area contributed by atoms with Crippen molar-refractivity contribution in [2.45, 2.75) is 19.9 Å². The Morgan fingerprint density at radius 3 is 2.79 bits per heavy atom. The van der Waals surface area contributed by atoms with E-state index in [0.717, 1.165) is 11.4 Å². The number of hydrazine groups is 2. The zero-order valence-electron chi connectivity index (χ0n) is 8.52. The summed E-state index contributed by atoms with van der Waals surface area (Å²) in [6.45, 7) is 4.18. The third-order valence-electron chi connectivity index (χ3n) is 2.04. The molecule has 0 aromatic carbocycles. The summed E-state index contributed by atoms with van der Waals surface area (Å²) in [7, 11) is 1.89. The summed E-state index contributed by atoms with van der Waals surface area (Å²) < 4.78 is 1.76. The van der Waals surface area contributed by atoms with Crippen molar-refractivity contribution in [3.05, 3.63) is 18.0 Å². The molecule has 1 aliphatic heterocycles. The van der Waals surface area contributed by atoms with Gasteiger partial charge in [0.25, 0.3) is 0 Å². The maximum Gasteiger partial charge on any atom is 0.176 e. The molecule has 0 aliphatic carbocycles. The van der Waals surface area contributed by atoms with Crippen molar-refractivity contribution >= 4 is 5.84 Å². The first-order chi connectivity index (χ1) is 6.68. The average Bonchev–Trinajstić information content (AvgIpc) is 2.70. The molecular formula is C8H14N6. The highest BCUT2D eigenvalue weighted by molar-refractivity contribution is 5.98. The van der Waals surface area contributed by atoms with E-state index in [9.17, 15) is 0 Å². The summed E-state index contributed by atoms with van der Waals surface area (Å²) in [6, 6.07) is 0.337. The van der Waals surface area contributed by atoms with E-state index in [0.29, 0.717) is 6.04 Å². The van der Waals surface area contributed by atoms with Gasteiger partial charge in [-0.05, 0) is 13.8 Å². The third-order valence-corrected chi connectivity index (χ3v) is 2.04. The molecule has 2 N–H and O–H groups in total. The number of nitrogens with zero attached hydrogens (tertiary/aromatic N) is 4. The second kappa shape index (κ2) is 3.30. The Kier molecular flexibility index (Phi) is 2.12. The van der Waals surface area contributed by atoms with Gasteiger partial charge >= 0.3 is 0 Å². The number of nitrogens with one attached hydrogen (secondary N) is 2. The van der Waals surface area contributed by atoms with Gasteiger partial charge in [0.05, 0.1) is 11.8 Å². The molecule has 0 atom stereocenters. The smallest absolute Gasteiger partial charge is 0.176 e. The number of amidine groups is 1. The molecule has 6 nitrogen and oxygen atoms in total. The van der Waals surface area contributed by atoms with Gasteiger partial charge in [-0.25, -0.2) is 5.53 Å². The third kappa shape index (κ3) is 1.44. The first kappa shape index (κ1) is 9.01. The monoisotopic (exact) mass is 194 g/mol. The summed E-state index contributed by atoms with van der Waals surface area (Å²) in [5, 5.41) is 10.2. The number of aromatic nitrogens is 2. The first-order valence-corrected chi connectivity index (χ1v) is 4.55. The van der Waals surface area contributed by atoms with Gasteiger partial charge in [-0.3, -0.25) is 9.69 Å². The van der Waals surface area contributed by atoms with Crippen LogP contribution in [0.15, 0.2) is 17.5 Å². The molecule has 0 amide bonds. The number of aryl methyl sites for hydroxylation is 1. The number of rotatable bonds is 2. The van der Waals surface area contributed by atoms with E-state index in [1.54, 1.807) is 10.9 Å². The SMILES string of the molecule is CC(C)N1NNN=C1c1cnn(C)c1. The summed E-state index contributed by atoms with van der Waals surface area (Å²) in [5.41, 5.74) is 6.69. The normalized spacial score (nSPS) is 16.0. The molecule has 0 unspecified atom stereocenters. The highest BCUT2D eigenvalue weighted by Crippen LogP contribution is 2.08. The summed E-state index contributed by atoms with van der Waals surface area (Å²) >= 11 is 0. The molecule has 76 valence electrons. The van der Waals surface area contributed by atoms with Crippen LogP contribution >= 0.6 is 0 Å². The van der Waals surface area contributed by atoms with Crippen molar-refractivity contribution in [1.82, 2.24) is 25.9 Å². The van der Waals surface area contributed by atoms with Gasteiger partial charge in [0, 0.05) is 19.3 Å². The molecule has 0 saturated heterocycles. The quantitative estimate of drug-likeness (QED) is 0.685. The van der Waals surface area contributed by atoms with Crippen LogP contribution in [0, 0.1) is 0 Å².